The predicted molar refractivity (Wildman–Crippen MR) is 118 cm³/mol. The third kappa shape index (κ3) is 3.47. The summed E-state index contributed by atoms with van der Waals surface area (Å²) in [6, 6.07) is 15.3. The van der Waals surface area contributed by atoms with Gasteiger partial charge in [-0.3, -0.25) is 4.79 Å². The summed E-state index contributed by atoms with van der Waals surface area (Å²) in [6.45, 7) is 11.1. The maximum absolute atomic E-state index is 13.1. The monoisotopic (exact) mass is 402 g/mol. The molecular formula is C23H26N6O. The molecule has 7 nitrogen and oxygen atoms in total. The molecule has 1 N–H and O–H groups in total. The molecule has 0 aliphatic carbocycles. The van der Waals surface area contributed by atoms with Gasteiger partial charge in [0.05, 0.1) is 16.9 Å². The molecular weight excluding hydrogens is 376 g/mol. The quantitative estimate of drug-likeness (QED) is 0.545. The van der Waals surface area contributed by atoms with Crippen LogP contribution in [0.1, 0.15) is 49.3 Å². The SMILES string of the molecule is CCn1nnc2cc(C(=O)Nc3c(C)c(C(C)(C)C)nn3-c3ccccc3)ccc21. The second-order valence-corrected chi connectivity index (χ2v) is 8.38. The molecule has 1 amide bonds. The van der Waals surface area contributed by atoms with E-state index in [1.165, 1.54) is 0 Å². The first-order chi connectivity index (χ1) is 14.3. The number of nitrogens with one attached hydrogen (secondary N) is 1. The first kappa shape index (κ1) is 19.8. The van der Waals surface area contributed by atoms with Crippen molar-refractivity contribution in [3.63, 3.8) is 0 Å². The number of aryl methyl sites for hydroxylation is 1. The van der Waals surface area contributed by atoms with Crippen LogP contribution in [-0.2, 0) is 12.0 Å². The van der Waals surface area contributed by atoms with Gasteiger partial charge in [-0.25, -0.2) is 9.36 Å². The van der Waals surface area contributed by atoms with E-state index in [4.69, 9.17) is 5.10 Å². The minimum absolute atomic E-state index is 0.152. The minimum atomic E-state index is -0.205. The average Bonchev–Trinajstić information content (AvgIpc) is 3.29. The van der Waals surface area contributed by atoms with Crippen LogP contribution in [0.25, 0.3) is 16.7 Å². The number of anilines is 1. The molecule has 0 spiro atoms. The van der Waals surface area contributed by atoms with Gasteiger partial charge in [-0.15, -0.1) is 5.10 Å². The van der Waals surface area contributed by atoms with Crippen molar-refractivity contribution in [1.82, 2.24) is 24.8 Å². The van der Waals surface area contributed by atoms with Gasteiger partial charge >= 0.3 is 0 Å². The number of hydrogen-bond acceptors (Lipinski definition) is 4. The van der Waals surface area contributed by atoms with Gasteiger partial charge in [0.25, 0.3) is 5.91 Å². The summed E-state index contributed by atoms with van der Waals surface area (Å²) in [5, 5.41) is 16.2. The number of carbonyl (C=O) groups excluding carboxylic acids is 1. The van der Waals surface area contributed by atoms with Crippen molar-refractivity contribution in [1.29, 1.82) is 0 Å². The zero-order valence-corrected chi connectivity index (χ0v) is 18.0. The number of aromatic nitrogens is 5. The lowest BCUT2D eigenvalue weighted by molar-refractivity contribution is 0.102. The molecule has 0 unspecified atom stereocenters. The number of carbonyl (C=O) groups is 1. The Morgan fingerprint density at radius 2 is 1.83 bits per heavy atom. The zero-order chi connectivity index (χ0) is 21.5. The van der Waals surface area contributed by atoms with Crippen LogP contribution >= 0.6 is 0 Å². The normalized spacial score (nSPS) is 11.8. The van der Waals surface area contributed by atoms with Gasteiger partial charge in [-0.2, -0.15) is 5.10 Å². The molecule has 30 heavy (non-hydrogen) atoms. The van der Waals surface area contributed by atoms with Crippen LogP contribution in [0.15, 0.2) is 48.5 Å². The van der Waals surface area contributed by atoms with Gasteiger partial charge in [0.2, 0.25) is 0 Å². The molecule has 2 aromatic heterocycles. The molecule has 0 radical (unpaired) electrons. The van der Waals surface area contributed by atoms with Crippen molar-refractivity contribution in [2.24, 2.45) is 0 Å². The maximum Gasteiger partial charge on any atom is 0.256 e. The lowest BCUT2D eigenvalue weighted by atomic mass is 9.90. The van der Waals surface area contributed by atoms with Crippen molar-refractivity contribution in [2.75, 3.05) is 5.32 Å². The summed E-state index contributed by atoms with van der Waals surface area (Å²) in [4.78, 5) is 13.1. The first-order valence-electron chi connectivity index (χ1n) is 10.1. The Morgan fingerprint density at radius 1 is 1.10 bits per heavy atom. The average molecular weight is 403 g/mol. The summed E-state index contributed by atoms with van der Waals surface area (Å²) >= 11 is 0. The number of para-hydroxylation sites is 1. The molecule has 0 aliphatic rings. The van der Waals surface area contributed by atoms with Crippen LogP contribution < -0.4 is 5.32 Å². The van der Waals surface area contributed by atoms with Gasteiger partial charge < -0.3 is 5.32 Å². The molecule has 0 saturated carbocycles. The smallest absolute Gasteiger partial charge is 0.256 e. The molecule has 2 aromatic carbocycles. The molecule has 0 bridgehead atoms. The standard InChI is InChI=1S/C23H26N6O/c1-6-28-19-13-12-16(14-18(19)25-27-28)22(30)24-21-15(2)20(23(3,4)5)26-29(21)17-10-8-7-9-11-17/h7-14H,6H2,1-5H3,(H,24,30). The highest BCUT2D eigenvalue weighted by molar-refractivity contribution is 6.06. The van der Waals surface area contributed by atoms with E-state index in [1.54, 1.807) is 21.5 Å². The minimum Gasteiger partial charge on any atom is -0.306 e. The van der Waals surface area contributed by atoms with Gasteiger partial charge in [0.15, 0.2) is 0 Å². The second-order valence-electron chi connectivity index (χ2n) is 8.38. The van der Waals surface area contributed by atoms with Crippen molar-refractivity contribution in [2.45, 2.75) is 46.6 Å². The van der Waals surface area contributed by atoms with E-state index in [0.29, 0.717) is 16.9 Å². The molecule has 154 valence electrons. The molecule has 0 fully saturated rings. The highest BCUT2D eigenvalue weighted by atomic mass is 16.1. The van der Waals surface area contributed by atoms with E-state index < -0.39 is 0 Å². The first-order valence-corrected chi connectivity index (χ1v) is 10.1. The summed E-state index contributed by atoms with van der Waals surface area (Å²) in [5.41, 5.74) is 4.79. The van der Waals surface area contributed by atoms with Gasteiger partial charge in [0.1, 0.15) is 11.3 Å². The number of hydrogen-bond donors (Lipinski definition) is 1. The van der Waals surface area contributed by atoms with E-state index in [2.05, 4.69) is 36.4 Å². The van der Waals surface area contributed by atoms with E-state index in [0.717, 1.165) is 29.0 Å². The molecule has 2 heterocycles. The van der Waals surface area contributed by atoms with E-state index in [1.807, 2.05) is 50.2 Å². The summed E-state index contributed by atoms with van der Waals surface area (Å²) in [7, 11) is 0. The fraction of sp³-hybridized carbons (Fsp3) is 0.304. The largest absolute Gasteiger partial charge is 0.306 e. The molecule has 7 heteroatoms. The number of fused-ring (bicyclic) bond motifs is 1. The third-order valence-corrected chi connectivity index (χ3v) is 5.14. The Hall–Kier alpha value is -3.48. The fourth-order valence-corrected chi connectivity index (χ4v) is 3.64. The Labute approximate surface area is 175 Å². The third-order valence-electron chi connectivity index (χ3n) is 5.14. The van der Waals surface area contributed by atoms with E-state index in [9.17, 15) is 4.79 Å². The van der Waals surface area contributed by atoms with Crippen molar-refractivity contribution in [3.05, 3.63) is 65.4 Å². The molecule has 4 rings (SSSR count). The van der Waals surface area contributed by atoms with Crippen LogP contribution in [0, 0.1) is 6.92 Å². The van der Waals surface area contributed by atoms with Crippen LogP contribution in [0.5, 0.6) is 0 Å². The van der Waals surface area contributed by atoms with Crippen LogP contribution in [0.4, 0.5) is 5.82 Å². The van der Waals surface area contributed by atoms with E-state index >= 15 is 0 Å². The van der Waals surface area contributed by atoms with Crippen LogP contribution in [0.3, 0.4) is 0 Å². The molecule has 0 saturated heterocycles. The summed E-state index contributed by atoms with van der Waals surface area (Å²) in [5.74, 6) is 0.469. The number of benzene rings is 2. The number of nitrogens with zero attached hydrogens (tertiary/aromatic N) is 5. The topological polar surface area (TPSA) is 77.6 Å². The highest BCUT2D eigenvalue weighted by Crippen LogP contribution is 2.31. The number of rotatable bonds is 4. The zero-order valence-electron chi connectivity index (χ0n) is 18.0. The lowest BCUT2D eigenvalue weighted by Gasteiger charge is -2.16. The summed E-state index contributed by atoms with van der Waals surface area (Å²) < 4.78 is 3.61. The Kier molecular flexibility index (Phi) is 4.89. The van der Waals surface area contributed by atoms with E-state index in [-0.39, 0.29) is 11.3 Å². The predicted octanol–water partition coefficient (Wildman–Crippen LogP) is 4.50. The molecule has 0 aliphatic heterocycles. The molecule has 4 aromatic rings. The Morgan fingerprint density at radius 3 is 2.50 bits per heavy atom. The van der Waals surface area contributed by atoms with Crippen molar-refractivity contribution >= 4 is 22.8 Å². The van der Waals surface area contributed by atoms with Crippen molar-refractivity contribution < 1.29 is 4.79 Å². The highest BCUT2D eigenvalue weighted by Gasteiger charge is 2.26. The lowest BCUT2D eigenvalue weighted by Crippen LogP contribution is -2.16. The van der Waals surface area contributed by atoms with Crippen LogP contribution in [0.2, 0.25) is 0 Å². The summed E-state index contributed by atoms with van der Waals surface area (Å²) in [6.07, 6.45) is 0. The Balaban J connectivity index is 1.75. The van der Waals surface area contributed by atoms with Crippen LogP contribution in [-0.4, -0.2) is 30.7 Å². The van der Waals surface area contributed by atoms with Gasteiger partial charge in [-0.1, -0.05) is 44.2 Å². The number of amides is 1. The maximum atomic E-state index is 13.1. The Bertz CT molecular complexity index is 1210. The second kappa shape index (κ2) is 7.40. The molecule has 0 atom stereocenters. The van der Waals surface area contributed by atoms with Crippen molar-refractivity contribution in [3.8, 4) is 5.69 Å². The van der Waals surface area contributed by atoms with Gasteiger partial charge in [-0.05, 0) is 44.2 Å². The van der Waals surface area contributed by atoms with Gasteiger partial charge in [0, 0.05) is 23.1 Å². The fourth-order valence-electron chi connectivity index (χ4n) is 3.64.